The van der Waals surface area contributed by atoms with Crippen molar-refractivity contribution in [1.82, 2.24) is 4.90 Å². The monoisotopic (exact) mass is 365 g/mol. The Hall–Kier alpha value is -1.72. The Balaban J connectivity index is 2.14. The molecule has 2 aromatic rings. The van der Waals surface area contributed by atoms with Gasteiger partial charge in [0.2, 0.25) is 0 Å². The molecule has 0 amide bonds. The summed E-state index contributed by atoms with van der Waals surface area (Å²) in [5.74, 6) is -0.634. The largest absolute Gasteiger partial charge is 0.468 e. The van der Waals surface area contributed by atoms with Gasteiger partial charge in [0.1, 0.15) is 5.82 Å². The lowest BCUT2D eigenvalue weighted by Gasteiger charge is -2.21. The Morgan fingerprint density at radius 2 is 1.91 bits per heavy atom. The van der Waals surface area contributed by atoms with Crippen molar-refractivity contribution in [2.75, 3.05) is 13.7 Å². The minimum Gasteiger partial charge on any atom is -0.468 e. The number of nitrogens with zero attached hydrogens (tertiary/aromatic N) is 1. The summed E-state index contributed by atoms with van der Waals surface area (Å²) in [6.07, 6.45) is 0. The second kappa shape index (κ2) is 8.06. The zero-order chi connectivity index (χ0) is 15.9. The molecule has 0 saturated heterocycles. The number of ether oxygens (including phenoxy) is 1. The third kappa shape index (κ3) is 4.93. The maximum absolute atomic E-state index is 14.0. The molecule has 5 heteroatoms. The molecule has 0 atom stereocenters. The van der Waals surface area contributed by atoms with E-state index in [9.17, 15) is 9.18 Å². The van der Waals surface area contributed by atoms with Gasteiger partial charge >= 0.3 is 5.97 Å². The highest BCUT2D eigenvalue weighted by Crippen LogP contribution is 2.18. The zero-order valence-corrected chi connectivity index (χ0v) is 13.8. The SMILES string of the molecule is COC(=O)CN(Cc1ccccc1)Cc1ccc(Br)cc1F. The molecule has 0 aliphatic rings. The third-order valence-corrected chi connectivity index (χ3v) is 3.73. The first-order valence-corrected chi connectivity index (χ1v) is 7.65. The van der Waals surface area contributed by atoms with Crippen LogP contribution in [0.1, 0.15) is 11.1 Å². The Labute approximate surface area is 137 Å². The molecule has 116 valence electrons. The highest BCUT2D eigenvalue weighted by Gasteiger charge is 2.14. The van der Waals surface area contributed by atoms with Crippen LogP contribution in [0, 0.1) is 5.82 Å². The van der Waals surface area contributed by atoms with Crippen molar-refractivity contribution >= 4 is 21.9 Å². The van der Waals surface area contributed by atoms with E-state index in [1.165, 1.54) is 13.2 Å². The quantitative estimate of drug-likeness (QED) is 0.729. The van der Waals surface area contributed by atoms with Gasteiger partial charge in [0.05, 0.1) is 13.7 Å². The molecule has 0 saturated carbocycles. The highest BCUT2D eigenvalue weighted by molar-refractivity contribution is 9.10. The average molecular weight is 366 g/mol. The Morgan fingerprint density at radius 3 is 2.55 bits per heavy atom. The second-order valence-electron chi connectivity index (χ2n) is 4.94. The van der Waals surface area contributed by atoms with Crippen molar-refractivity contribution in [2.45, 2.75) is 13.1 Å². The first-order chi connectivity index (χ1) is 10.6. The minimum atomic E-state index is -0.339. The Morgan fingerprint density at radius 1 is 1.18 bits per heavy atom. The number of carbonyl (C=O) groups excluding carboxylic acids is 1. The fourth-order valence-corrected chi connectivity index (χ4v) is 2.48. The van der Waals surface area contributed by atoms with E-state index < -0.39 is 0 Å². The molecule has 22 heavy (non-hydrogen) atoms. The molecule has 0 radical (unpaired) electrons. The highest BCUT2D eigenvalue weighted by atomic mass is 79.9. The molecule has 0 aromatic heterocycles. The summed E-state index contributed by atoms with van der Waals surface area (Å²) in [6, 6.07) is 14.7. The van der Waals surface area contributed by atoms with Crippen LogP contribution in [-0.2, 0) is 22.6 Å². The molecule has 0 heterocycles. The van der Waals surface area contributed by atoms with Crippen LogP contribution in [-0.4, -0.2) is 24.5 Å². The lowest BCUT2D eigenvalue weighted by Crippen LogP contribution is -2.30. The van der Waals surface area contributed by atoms with Gasteiger partial charge in [-0.3, -0.25) is 9.69 Å². The summed E-state index contributed by atoms with van der Waals surface area (Å²) in [5, 5.41) is 0. The van der Waals surface area contributed by atoms with Gasteiger partial charge in [-0.1, -0.05) is 52.3 Å². The number of hydrogen-bond donors (Lipinski definition) is 0. The summed E-state index contributed by atoms with van der Waals surface area (Å²) in [4.78, 5) is 13.4. The number of methoxy groups -OCH3 is 1. The van der Waals surface area contributed by atoms with E-state index in [2.05, 4.69) is 15.9 Å². The van der Waals surface area contributed by atoms with Crippen molar-refractivity contribution in [3.8, 4) is 0 Å². The predicted molar refractivity (Wildman–Crippen MR) is 86.7 cm³/mol. The number of hydrogen-bond acceptors (Lipinski definition) is 3. The molecular formula is C17H17BrFNO2. The number of rotatable bonds is 6. The maximum atomic E-state index is 14.0. The van der Waals surface area contributed by atoms with Crippen LogP contribution in [0.25, 0.3) is 0 Å². The van der Waals surface area contributed by atoms with Gasteiger partial charge in [-0.05, 0) is 17.7 Å². The van der Waals surface area contributed by atoms with Crippen molar-refractivity contribution < 1.29 is 13.9 Å². The number of benzene rings is 2. The van der Waals surface area contributed by atoms with Crippen molar-refractivity contribution in [2.24, 2.45) is 0 Å². The number of esters is 1. The minimum absolute atomic E-state index is 0.112. The molecule has 0 unspecified atom stereocenters. The molecule has 2 rings (SSSR count). The van der Waals surface area contributed by atoms with E-state index in [1.807, 2.05) is 35.2 Å². The topological polar surface area (TPSA) is 29.5 Å². The molecule has 3 nitrogen and oxygen atoms in total. The molecule has 0 fully saturated rings. The Bertz CT molecular complexity index is 634. The first kappa shape index (κ1) is 16.6. The van der Waals surface area contributed by atoms with Crippen LogP contribution in [0.2, 0.25) is 0 Å². The van der Waals surface area contributed by atoms with Crippen molar-refractivity contribution in [1.29, 1.82) is 0 Å². The van der Waals surface area contributed by atoms with E-state index in [0.29, 0.717) is 23.1 Å². The van der Waals surface area contributed by atoms with Crippen molar-refractivity contribution in [3.05, 3.63) is 69.9 Å². The molecule has 2 aromatic carbocycles. The molecule has 0 spiro atoms. The number of carbonyl (C=O) groups is 1. The van der Waals surface area contributed by atoms with Crippen LogP contribution in [0.5, 0.6) is 0 Å². The zero-order valence-electron chi connectivity index (χ0n) is 12.3. The van der Waals surface area contributed by atoms with E-state index >= 15 is 0 Å². The van der Waals surface area contributed by atoms with Gasteiger partial charge < -0.3 is 4.74 Å². The van der Waals surface area contributed by atoms with Crippen LogP contribution in [0.3, 0.4) is 0 Å². The normalized spacial score (nSPS) is 10.7. The number of halogens is 2. The van der Waals surface area contributed by atoms with E-state index in [4.69, 9.17) is 4.74 Å². The molecular weight excluding hydrogens is 349 g/mol. The van der Waals surface area contributed by atoms with Gasteiger partial charge in [-0.25, -0.2) is 4.39 Å². The summed E-state index contributed by atoms with van der Waals surface area (Å²) < 4.78 is 19.4. The van der Waals surface area contributed by atoms with Gasteiger partial charge in [-0.2, -0.15) is 0 Å². The summed E-state index contributed by atoms with van der Waals surface area (Å²) >= 11 is 3.24. The smallest absolute Gasteiger partial charge is 0.319 e. The second-order valence-corrected chi connectivity index (χ2v) is 5.86. The Kier molecular flexibility index (Phi) is 6.10. The van der Waals surface area contributed by atoms with Crippen LogP contribution >= 0.6 is 15.9 Å². The van der Waals surface area contributed by atoms with E-state index in [1.54, 1.807) is 12.1 Å². The lowest BCUT2D eigenvalue weighted by molar-refractivity contribution is -0.142. The van der Waals surface area contributed by atoms with Crippen LogP contribution in [0.4, 0.5) is 4.39 Å². The maximum Gasteiger partial charge on any atom is 0.319 e. The van der Waals surface area contributed by atoms with Gasteiger partial charge in [0, 0.05) is 23.1 Å². The van der Waals surface area contributed by atoms with Gasteiger partial charge in [-0.15, -0.1) is 0 Å². The van der Waals surface area contributed by atoms with Crippen LogP contribution < -0.4 is 0 Å². The van der Waals surface area contributed by atoms with Crippen molar-refractivity contribution in [3.63, 3.8) is 0 Å². The van der Waals surface area contributed by atoms with Crippen LogP contribution in [0.15, 0.2) is 53.0 Å². The van der Waals surface area contributed by atoms with E-state index in [0.717, 1.165) is 5.56 Å². The average Bonchev–Trinajstić information content (AvgIpc) is 2.51. The first-order valence-electron chi connectivity index (χ1n) is 6.85. The fourth-order valence-electron chi connectivity index (χ4n) is 2.15. The van der Waals surface area contributed by atoms with E-state index in [-0.39, 0.29) is 18.3 Å². The summed E-state index contributed by atoms with van der Waals surface area (Å²) in [7, 11) is 1.35. The standard InChI is InChI=1S/C17H17BrFNO2/c1-22-17(21)12-20(10-13-5-3-2-4-6-13)11-14-7-8-15(18)9-16(14)19/h2-9H,10-12H2,1H3. The summed E-state index contributed by atoms with van der Waals surface area (Å²) in [5.41, 5.74) is 1.60. The lowest BCUT2D eigenvalue weighted by atomic mass is 10.1. The molecule has 0 aliphatic heterocycles. The molecule has 0 bridgehead atoms. The molecule has 0 aliphatic carbocycles. The van der Waals surface area contributed by atoms with Gasteiger partial charge in [0.15, 0.2) is 0 Å². The van der Waals surface area contributed by atoms with Gasteiger partial charge in [0.25, 0.3) is 0 Å². The predicted octanol–water partition coefficient (Wildman–Crippen LogP) is 3.76. The molecule has 0 N–H and O–H groups in total. The third-order valence-electron chi connectivity index (χ3n) is 3.24. The summed E-state index contributed by atoms with van der Waals surface area (Å²) in [6.45, 7) is 0.995. The fraction of sp³-hybridized carbons (Fsp3) is 0.235.